The van der Waals surface area contributed by atoms with E-state index in [1.165, 1.54) is 0 Å². The third-order valence-electron chi connectivity index (χ3n) is 3.16. The van der Waals surface area contributed by atoms with Gasteiger partial charge in [0.05, 0.1) is 0 Å². The molecular formula is C15H24FN. The summed E-state index contributed by atoms with van der Waals surface area (Å²) < 4.78 is 13.5. The molecule has 1 nitrogen and oxygen atoms in total. The minimum Gasteiger partial charge on any atom is -0.310 e. The second-order valence-corrected chi connectivity index (χ2v) is 4.86. The van der Waals surface area contributed by atoms with Gasteiger partial charge in [-0.2, -0.15) is 0 Å². The van der Waals surface area contributed by atoms with Crippen molar-refractivity contribution in [3.05, 3.63) is 35.1 Å². The molecule has 0 amide bonds. The molecule has 0 radical (unpaired) electrons. The predicted octanol–water partition coefficient (Wildman–Crippen LogP) is 4.22. The van der Waals surface area contributed by atoms with Crippen molar-refractivity contribution in [1.82, 2.24) is 5.32 Å². The Kier molecular flexibility index (Phi) is 5.63. The van der Waals surface area contributed by atoms with E-state index in [0.717, 1.165) is 30.5 Å². The van der Waals surface area contributed by atoms with Crippen LogP contribution in [0.5, 0.6) is 0 Å². The Labute approximate surface area is 104 Å². The van der Waals surface area contributed by atoms with Crippen molar-refractivity contribution in [2.45, 2.75) is 46.6 Å². The average molecular weight is 237 g/mol. The maximum absolute atomic E-state index is 13.5. The molecule has 96 valence electrons. The first-order chi connectivity index (χ1) is 8.08. The number of hydrogen-bond donors (Lipinski definition) is 1. The zero-order chi connectivity index (χ0) is 12.8. The summed E-state index contributed by atoms with van der Waals surface area (Å²) in [5.41, 5.74) is 2.07. The SMILES string of the molecule is CCCC(C)C(NCC)c1cc(C)cc(F)c1. The molecule has 1 N–H and O–H groups in total. The van der Waals surface area contributed by atoms with Crippen molar-refractivity contribution >= 4 is 0 Å². The van der Waals surface area contributed by atoms with Gasteiger partial charge in [0.1, 0.15) is 5.82 Å². The van der Waals surface area contributed by atoms with E-state index < -0.39 is 0 Å². The summed E-state index contributed by atoms with van der Waals surface area (Å²) in [5.74, 6) is 0.396. The Morgan fingerprint density at radius 2 is 1.94 bits per heavy atom. The molecule has 0 aromatic heterocycles. The molecule has 0 aliphatic rings. The molecule has 1 aromatic carbocycles. The highest BCUT2D eigenvalue weighted by atomic mass is 19.1. The highest BCUT2D eigenvalue weighted by Gasteiger charge is 2.18. The Bertz CT molecular complexity index is 329. The summed E-state index contributed by atoms with van der Waals surface area (Å²) >= 11 is 0. The van der Waals surface area contributed by atoms with E-state index in [2.05, 4.69) is 32.2 Å². The summed E-state index contributed by atoms with van der Waals surface area (Å²) in [5, 5.41) is 3.47. The zero-order valence-electron chi connectivity index (χ0n) is 11.4. The summed E-state index contributed by atoms with van der Waals surface area (Å²) in [6.07, 6.45) is 2.32. The molecule has 0 bridgehead atoms. The number of rotatable bonds is 6. The smallest absolute Gasteiger partial charge is 0.123 e. The van der Waals surface area contributed by atoms with Crippen LogP contribution in [0.4, 0.5) is 4.39 Å². The molecule has 0 saturated heterocycles. The lowest BCUT2D eigenvalue weighted by Gasteiger charge is -2.25. The summed E-state index contributed by atoms with van der Waals surface area (Å²) in [7, 11) is 0. The van der Waals surface area contributed by atoms with E-state index in [9.17, 15) is 4.39 Å². The number of halogens is 1. The molecule has 0 heterocycles. The zero-order valence-corrected chi connectivity index (χ0v) is 11.4. The first kappa shape index (κ1) is 14.2. The Balaban J connectivity index is 2.95. The molecule has 1 rings (SSSR count). The topological polar surface area (TPSA) is 12.0 Å². The molecule has 0 fully saturated rings. The quantitative estimate of drug-likeness (QED) is 0.781. The predicted molar refractivity (Wildman–Crippen MR) is 71.6 cm³/mol. The molecular weight excluding hydrogens is 213 g/mol. The summed E-state index contributed by atoms with van der Waals surface area (Å²) in [6, 6.07) is 5.58. The van der Waals surface area contributed by atoms with Gasteiger partial charge in [-0.05, 0) is 49.1 Å². The van der Waals surface area contributed by atoms with Gasteiger partial charge < -0.3 is 5.32 Å². The normalized spacial score (nSPS) is 14.6. The molecule has 0 aliphatic heterocycles. The summed E-state index contributed by atoms with van der Waals surface area (Å²) in [4.78, 5) is 0. The van der Waals surface area contributed by atoms with Crippen molar-refractivity contribution in [1.29, 1.82) is 0 Å². The molecule has 2 heteroatoms. The van der Waals surface area contributed by atoms with Gasteiger partial charge in [0.15, 0.2) is 0 Å². The van der Waals surface area contributed by atoms with Crippen molar-refractivity contribution < 1.29 is 4.39 Å². The van der Waals surface area contributed by atoms with Gasteiger partial charge in [0.2, 0.25) is 0 Å². The fourth-order valence-corrected chi connectivity index (χ4v) is 2.43. The molecule has 2 unspecified atom stereocenters. The van der Waals surface area contributed by atoms with E-state index in [4.69, 9.17) is 0 Å². The standard InChI is InChI=1S/C15H24FN/c1-5-7-12(4)15(17-6-2)13-8-11(3)9-14(16)10-13/h8-10,12,15,17H,5-7H2,1-4H3. The van der Waals surface area contributed by atoms with Gasteiger partial charge >= 0.3 is 0 Å². The Hall–Kier alpha value is -0.890. The van der Waals surface area contributed by atoms with E-state index in [1.54, 1.807) is 12.1 Å². The lowest BCUT2D eigenvalue weighted by Crippen LogP contribution is -2.27. The van der Waals surface area contributed by atoms with Gasteiger partial charge in [0.25, 0.3) is 0 Å². The van der Waals surface area contributed by atoms with Crippen LogP contribution < -0.4 is 5.32 Å². The first-order valence-corrected chi connectivity index (χ1v) is 6.59. The van der Waals surface area contributed by atoms with Crippen LogP contribution in [0, 0.1) is 18.7 Å². The molecule has 1 aromatic rings. The van der Waals surface area contributed by atoms with Gasteiger partial charge in [0, 0.05) is 6.04 Å². The third kappa shape index (κ3) is 4.12. The van der Waals surface area contributed by atoms with Crippen LogP contribution in [0.15, 0.2) is 18.2 Å². The highest BCUT2D eigenvalue weighted by Crippen LogP contribution is 2.26. The van der Waals surface area contributed by atoms with Crippen LogP contribution in [0.25, 0.3) is 0 Å². The number of nitrogens with one attached hydrogen (secondary N) is 1. The monoisotopic (exact) mass is 237 g/mol. The maximum atomic E-state index is 13.5. The fraction of sp³-hybridized carbons (Fsp3) is 0.600. The summed E-state index contributed by atoms with van der Waals surface area (Å²) in [6.45, 7) is 9.37. The maximum Gasteiger partial charge on any atom is 0.123 e. The van der Waals surface area contributed by atoms with Crippen LogP contribution in [0.3, 0.4) is 0 Å². The van der Waals surface area contributed by atoms with Crippen LogP contribution >= 0.6 is 0 Å². The van der Waals surface area contributed by atoms with Crippen LogP contribution in [-0.4, -0.2) is 6.54 Å². The number of hydrogen-bond acceptors (Lipinski definition) is 1. The highest BCUT2D eigenvalue weighted by molar-refractivity contribution is 5.26. The van der Waals surface area contributed by atoms with Gasteiger partial charge in [-0.3, -0.25) is 0 Å². The lowest BCUT2D eigenvalue weighted by atomic mass is 9.90. The van der Waals surface area contributed by atoms with Crippen LogP contribution in [-0.2, 0) is 0 Å². The van der Waals surface area contributed by atoms with Crippen molar-refractivity contribution in [2.24, 2.45) is 5.92 Å². The van der Waals surface area contributed by atoms with Crippen molar-refractivity contribution in [3.8, 4) is 0 Å². The molecule has 0 saturated carbocycles. The van der Waals surface area contributed by atoms with E-state index in [1.807, 2.05) is 6.92 Å². The number of benzene rings is 1. The van der Waals surface area contributed by atoms with E-state index in [0.29, 0.717) is 5.92 Å². The van der Waals surface area contributed by atoms with Gasteiger partial charge in [-0.1, -0.05) is 33.3 Å². The second-order valence-electron chi connectivity index (χ2n) is 4.86. The minimum absolute atomic E-state index is 0.133. The molecule has 17 heavy (non-hydrogen) atoms. The molecule has 2 atom stereocenters. The Morgan fingerprint density at radius 1 is 1.24 bits per heavy atom. The Morgan fingerprint density at radius 3 is 2.47 bits per heavy atom. The van der Waals surface area contributed by atoms with Crippen molar-refractivity contribution in [3.63, 3.8) is 0 Å². The number of aryl methyl sites for hydroxylation is 1. The largest absolute Gasteiger partial charge is 0.310 e. The van der Waals surface area contributed by atoms with Crippen LogP contribution in [0.1, 0.15) is 50.8 Å². The van der Waals surface area contributed by atoms with Gasteiger partial charge in [-0.25, -0.2) is 4.39 Å². The van der Waals surface area contributed by atoms with E-state index >= 15 is 0 Å². The fourth-order valence-electron chi connectivity index (χ4n) is 2.43. The minimum atomic E-state index is -0.133. The molecule has 0 spiro atoms. The van der Waals surface area contributed by atoms with Crippen molar-refractivity contribution in [2.75, 3.05) is 6.54 Å². The van der Waals surface area contributed by atoms with Gasteiger partial charge in [-0.15, -0.1) is 0 Å². The second kappa shape index (κ2) is 6.75. The third-order valence-corrected chi connectivity index (χ3v) is 3.16. The molecule has 0 aliphatic carbocycles. The van der Waals surface area contributed by atoms with Crippen LogP contribution in [0.2, 0.25) is 0 Å². The average Bonchev–Trinajstić information content (AvgIpc) is 2.24. The lowest BCUT2D eigenvalue weighted by molar-refractivity contribution is 0.368. The first-order valence-electron chi connectivity index (χ1n) is 6.59. The van der Waals surface area contributed by atoms with E-state index in [-0.39, 0.29) is 11.9 Å².